The van der Waals surface area contributed by atoms with E-state index in [4.69, 9.17) is 18.9 Å². The first-order valence-electron chi connectivity index (χ1n) is 8.52. The number of benzene rings is 2. The monoisotopic (exact) mass is 373 g/mol. The van der Waals surface area contributed by atoms with Gasteiger partial charge in [-0.05, 0) is 50.2 Å². The van der Waals surface area contributed by atoms with Gasteiger partial charge in [0.2, 0.25) is 0 Å². The second-order valence-corrected chi connectivity index (χ2v) is 5.51. The average molecular weight is 373 g/mol. The minimum absolute atomic E-state index is 0.306. The van der Waals surface area contributed by atoms with Gasteiger partial charge in [0.05, 0.1) is 19.4 Å². The maximum absolute atomic E-state index is 12.3. The zero-order valence-corrected chi connectivity index (χ0v) is 15.6. The van der Waals surface area contributed by atoms with Crippen molar-refractivity contribution in [1.82, 2.24) is 0 Å². The van der Waals surface area contributed by atoms with E-state index in [9.17, 15) is 9.59 Å². The van der Waals surface area contributed by atoms with Crippen LogP contribution in [0, 0.1) is 0 Å². The van der Waals surface area contributed by atoms with Crippen LogP contribution in [-0.4, -0.2) is 38.3 Å². The number of nitrogens with one attached hydrogen (secondary N) is 1. The molecule has 0 saturated carbocycles. The van der Waals surface area contributed by atoms with Crippen molar-refractivity contribution in [3.8, 4) is 17.2 Å². The van der Waals surface area contributed by atoms with Gasteiger partial charge in [0.25, 0.3) is 5.91 Å². The molecule has 1 unspecified atom stereocenters. The third kappa shape index (κ3) is 6.22. The van der Waals surface area contributed by atoms with E-state index in [-0.39, 0.29) is 6.61 Å². The summed E-state index contributed by atoms with van der Waals surface area (Å²) in [5.41, 5.74) is 0.515. The molecule has 0 fully saturated rings. The van der Waals surface area contributed by atoms with E-state index in [0.717, 1.165) is 0 Å². The first kappa shape index (κ1) is 20.1. The number of anilines is 1. The average Bonchev–Trinajstić information content (AvgIpc) is 2.68. The number of rotatable bonds is 9. The molecule has 0 heterocycles. The van der Waals surface area contributed by atoms with Crippen molar-refractivity contribution in [2.45, 2.75) is 20.0 Å². The highest BCUT2D eigenvalue weighted by atomic mass is 16.6. The highest BCUT2D eigenvalue weighted by molar-refractivity contribution is 5.96. The second-order valence-electron chi connectivity index (χ2n) is 5.51. The highest BCUT2D eigenvalue weighted by Gasteiger charge is 2.19. The van der Waals surface area contributed by atoms with Crippen LogP contribution in [0.1, 0.15) is 13.8 Å². The van der Waals surface area contributed by atoms with Crippen LogP contribution in [-0.2, 0) is 14.3 Å². The van der Waals surface area contributed by atoms with E-state index in [0.29, 0.717) is 29.5 Å². The molecule has 0 aliphatic rings. The van der Waals surface area contributed by atoms with Gasteiger partial charge in [-0.3, -0.25) is 4.79 Å². The smallest absolute Gasteiger partial charge is 0.344 e. The minimum Gasteiger partial charge on any atom is -0.497 e. The van der Waals surface area contributed by atoms with Gasteiger partial charge in [-0.1, -0.05) is 12.1 Å². The Kier molecular flexibility index (Phi) is 7.49. The molecular formula is C20H23NO6. The molecule has 1 atom stereocenters. The van der Waals surface area contributed by atoms with Crippen molar-refractivity contribution in [3.63, 3.8) is 0 Å². The summed E-state index contributed by atoms with van der Waals surface area (Å²) < 4.78 is 20.9. The lowest BCUT2D eigenvalue weighted by atomic mass is 10.2. The fraction of sp³-hybridized carbons (Fsp3) is 0.300. The number of hydrogen-bond acceptors (Lipinski definition) is 6. The summed E-state index contributed by atoms with van der Waals surface area (Å²) >= 11 is 0. The van der Waals surface area contributed by atoms with Crippen LogP contribution in [0.5, 0.6) is 17.2 Å². The number of carbonyl (C=O) groups is 2. The molecule has 0 spiro atoms. The fourth-order valence-electron chi connectivity index (χ4n) is 2.18. The first-order chi connectivity index (χ1) is 13.0. The van der Waals surface area contributed by atoms with Crippen molar-refractivity contribution < 1.29 is 28.5 Å². The number of hydrogen-bond donors (Lipinski definition) is 1. The van der Waals surface area contributed by atoms with E-state index >= 15 is 0 Å². The normalized spacial score (nSPS) is 11.2. The largest absolute Gasteiger partial charge is 0.497 e. The Morgan fingerprint density at radius 1 is 1.00 bits per heavy atom. The predicted molar refractivity (Wildman–Crippen MR) is 100 cm³/mol. The van der Waals surface area contributed by atoms with Gasteiger partial charge in [0.15, 0.2) is 12.7 Å². The standard InChI is InChI=1S/C20H23NO6/c1-4-25-18-8-6-5-7-17(18)21-20(23)14(2)27-19(22)13-26-16-11-9-15(24-3)10-12-16/h5-12,14H,4,13H2,1-3H3,(H,21,23). The predicted octanol–water partition coefficient (Wildman–Crippen LogP) is 3.04. The minimum atomic E-state index is -0.980. The molecule has 2 aromatic rings. The Balaban J connectivity index is 1.83. The lowest BCUT2D eigenvalue weighted by Gasteiger charge is -2.16. The number of esters is 1. The Bertz CT molecular complexity index is 759. The van der Waals surface area contributed by atoms with E-state index in [1.54, 1.807) is 55.6 Å². The van der Waals surface area contributed by atoms with E-state index in [2.05, 4.69) is 5.32 Å². The number of ether oxygens (including phenoxy) is 4. The Hall–Kier alpha value is -3.22. The molecule has 2 aromatic carbocycles. The van der Waals surface area contributed by atoms with Crippen molar-refractivity contribution in [3.05, 3.63) is 48.5 Å². The molecule has 0 radical (unpaired) electrons. The summed E-state index contributed by atoms with van der Waals surface area (Å²) in [6.45, 7) is 3.51. The summed E-state index contributed by atoms with van der Waals surface area (Å²) in [6.07, 6.45) is -0.980. The molecule has 7 nitrogen and oxygen atoms in total. The van der Waals surface area contributed by atoms with E-state index < -0.39 is 18.0 Å². The maximum atomic E-state index is 12.3. The molecular weight excluding hydrogens is 350 g/mol. The van der Waals surface area contributed by atoms with Gasteiger partial charge in [0, 0.05) is 0 Å². The van der Waals surface area contributed by atoms with Gasteiger partial charge in [-0.2, -0.15) is 0 Å². The van der Waals surface area contributed by atoms with Crippen molar-refractivity contribution in [2.24, 2.45) is 0 Å². The molecule has 0 aliphatic heterocycles. The fourth-order valence-corrected chi connectivity index (χ4v) is 2.18. The summed E-state index contributed by atoms with van der Waals surface area (Å²) in [5, 5.41) is 2.69. The van der Waals surface area contributed by atoms with Crippen LogP contribution in [0.25, 0.3) is 0 Å². The van der Waals surface area contributed by atoms with Crippen molar-refractivity contribution in [2.75, 3.05) is 25.6 Å². The lowest BCUT2D eigenvalue weighted by Crippen LogP contribution is -2.31. The number of methoxy groups -OCH3 is 1. The molecule has 1 N–H and O–H groups in total. The second kappa shape index (κ2) is 10.1. The molecule has 1 amide bonds. The molecule has 0 aliphatic carbocycles. The zero-order chi connectivity index (χ0) is 19.6. The van der Waals surface area contributed by atoms with Crippen molar-refractivity contribution in [1.29, 1.82) is 0 Å². The van der Waals surface area contributed by atoms with Crippen molar-refractivity contribution >= 4 is 17.6 Å². The van der Waals surface area contributed by atoms with E-state index in [1.165, 1.54) is 6.92 Å². The Labute approximate surface area is 158 Å². The Morgan fingerprint density at radius 3 is 2.33 bits per heavy atom. The SMILES string of the molecule is CCOc1ccccc1NC(=O)C(C)OC(=O)COc1ccc(OC)cc1. The quantitative estimate of drug-likeness (QED) is 0.680. The first-order valence-corrected chi connectivity index (χ1v) is 8.52. The molecule has 27 heavy (non-hydrogen) atoms. The number of carbonyl (C=O) groups excluding carboxylic acids is 2. The van der Waals surface area contributed by atoms with Crippen LogP contribution < -0.4 is 19.5 Å². The highest BCUT2D eigenvalue weighted by Crippen LogP contribution is 2.24. The van der Waals surface area contributed by atoms with Crippen LogP contribution in [0.3, 0.4) is 0 Å². The summed E-state index contributed by atoms with van der Waals surface area (Å²) in [4.78, 5) is 24.2. The zero-order valence-electron chi connectivity index (χ0n) is 15.6. The molecule has 144 valence electrons. The summed E-state index contributed by atoms with van der Waals surface area (Å²) in [5.74, 6) is 0.624. The third-order valence-corrected chi connectivity index (χ3v) is 3.54. The van der Waals surface area contributed by atoms with Gasteiger partial charge >= 0.3 is 5.97 Å². The maximum Gasteiger partial charge on any atom is 0.344 e. The topological polar surface area (TPSA) is 83.1 Å². The number of para-hydroxylation sites is 2. The summed E-state index contributed by atoms with van der Waals surface area (Å²) in [7, 11) is 1.56. The summed E-state index contributed by atoms with van der Waals surface area (Å²) in [6, 6.07) is 13.8. The molecule has 7 heteroatoms. The molecule has 0 bridgehead atoms. The van der Waals surface area contributed by atoms with Crippen LogP contribution >= 0.6 is 0 Å². The Morgan fingerprint density at radius 2 is 1.67 bits per heavy atom. The molecule has 2 rings (SSSR count). The lowest BCUT2D eigenvalue weighted by molar-refractivity contribution is -0.155. The van der Waals surface area contributed by atoms with Gasteiger partial charge < -0.3 is 24.3 Å². The molecule has 0 saturated heterocycles. The third-order valence-electron chi connectivity index (χ3n) is 3.54. The van der Waals surface area contributed by atoms with Gasteiger partial charge in [0.1, 0.15) is 17.2 Å². The molecule has 0 aromatic heterocycles. The number of amides is 1. The van der Waals surface area contributed by atoms with E-state index in [1.807, 2.05) is 6.92 Å². The van der Waals surface area contributed by atoms with Crippen LogP contribution in [0.2, 0.25) is 0 Å². The van der Waals surface area contributed by atoms with Gasteiger partial charge in [-0.15, -0.1) is 0 Å². The van der Waals surface area contributed by atoms with Gasteiger partial charge in [-0.25, -0.2) is 4.79 Å². The van der Waals surface area contributed by atoms with Crippen LogP contribution in [0.4, 0.5) is 5.69 Å². The van der Waals surface area contributed by atoms with Crippen LogP contribution in [0.15, 0.2) is 48.5 Å².